The van der Waals surface area contributed by atoms with Crippen molar-refractivity contribution in [1.29, 1.82) is 0 Å². The van der Waals surface area contributed by atoms with Gasteiger partial charge in [-0.15, -0.1) is 0 Å². The van der Waals surface area contributed by atoms with Crippen molar-refractivity contribution in [2.24, 2.45) is 0 Å². The summed E-state index contributed by atoms with van der Waals surface area (Å²) in [6.45, 7) is 9.67. The van der Waals surface area contributed by atoms with Crippen molar-refractivity contribution in [2.75, 3.05) is 0 Å². The van der Waals surface area contributed by atoms with Gasteiger partial charge in [-0.2, -0.15) is 0 Å². The quantitative estimate of drug-likeness (QED) is 0.166. The van der Waals surface area contributed by atoms with Crippen LogP contribution in [0.25, 0.3) is 88.4 Å². The summed E-state index contributed by atoms with van der Waals surface area (Å²) in [5, 5.41) is 5.05. The molecule has 0 fully saturated rings. The summed E-state index contributed by atoms with van der Waals surface area (Å²) < 4.78 is 4.84. The van der Waals surface area contributed by atoms with Crippen LogP contribution in [0.5, 0.6) is 0 Å². The van der Waals surface area contributed by atoms with E-state index in [0.717, 1.165) is 5.69 Å². The van der Waals surface area contributed by atoms with E-state index in [0.29, 0.717) is 0 Å². The van der Waals surface area contributed by atoms with Crippen LogP contribution in [0.15, 0.2) is 182 Å². The van der Waals surface area contributed by atoms with E-state index in [1.165, 1.54) is 107 Å². The maximum atomic E-state index is 2.44. The standard InChI is InChI=1S/C56H46N2/c1-55(2)33-34-56(3,4)54-44(17-12-18-49(54)55)39-23-29-43(30-24-39)58-51-20-11-9-16-46(51)48-36-41(26-32-53(48)58)40-25-31-52-47(35-40)45-15-8-10-19-50(45)57(52)42-27-21-38(22-28-42)37-13-6-5-7-14-37/h5-32,35-36H,33-34H2,1-4H3. The van der Waals surface area contributed by atoms with Crippen molar-refractivity contribution in [3.05, 3.63) is 193 Å². The van der Waals surface area contributed by atoms with E-state index in [9.17, 15) is 0 Å². The highest BCUT2D eigenvalue weighted by molar-refractivity contribution is 6.12. The third-order valence-corrected chi connectivity index (χ3v) is 13.2. The molecule has 58 heavy (non-hydrogen) atoms. The molecule has 0 amide bonds. The Bertz CT molecular complexity index is 3190. The Morgan fingerprint density at radius 2 is 0.793 bits per heavy atom. The molecule has 1 aliphatic carbocycles. The molecule has 2 aromatic heterocycles. The molecule has 0 unspecified atom stereocenters. The summed E-state index contributed by atoms with van der Waals surface area (Å²) in [6, 6.07) is 67.4. The van der Waals surface area contributed by atoms with Crippen LogP contribution in [-0.2, 0) is 10.8 Å². The minimum atomic E-state index is 0.140. The number of para-hydroxylation sites is 2. The highest BCUT2D eigenvalue weighted by atomic mass is 15.0. The van der Waals surface area contributed by atoms with E-state index < -0.39 is 0 Å². The fourth-order valence-corrected chi connectivity index (χ4v) is 10.1. The van der Waals surface area contributed by atoms with E-state index in [1.807, 2.05) is 0 Å². The van der Waals surface area contributed by atoms with Crippen molar-refractivity contribution in [3.63, 3.8) is 0 Å². The fraction of sp³-hybridized carbons (Fsp3) is 0.143. The molecule has 0 saturated carbocycles. The van der Waals surface area contributed by atoms with Crippen molar-refractivity contribution >= 4 is 43.6 Å². The predicted octanol–water partition coefficient (Wildman–Crippen LogP) is 15.2. The number of fused-ring (bicyclic) bond motifs is 7. The third kappa shape index (κ3) is 5.39. The van der Waals surface area contributed by atoms with Crippen LogP contribution >= 0.6 is 0 Å². The Balaban J connectivity index is 0.994. The summed E-state index contributed by atoms with van der Waals surface area (Å²) in [7, 11) is 0. The fourth-order valence-electron chi connectivity index (χ4n) is 10.1. The lowest BCUT2D eigenvalue weighted by atomic mass is 9.61. The van der Waals surface area contributed by atoms with Gasteiger partial charge in [-0.05, 0) is 129 Å². The van der Waals surface area contributed by atoms with E-state index >= 15 is 0 Å². The number of hydrogen-bond acceptors (Lipinski definition) is 0. The van der Waals surface area contributed by atoms with Crippen LogP contribution in [-0.4, -0.2) is 9.13 Å². The van der Waals surface area contributed by atoms with Gasteiger partial charge in [0.15, 0.2) is 0 Å². The molecule has 280 valence electrons. The Kier molecular flexibility index (Phi) is 7.72. The topological polar surface area (TPSA) is 9.86 Å². The number of benzene rings is 8. The van der Waals surface area contributed by atoms with Gasteiger partial charge in [-0.25, -0.2) is 0 Å². The van der Waals surface area contributed by atoms with Gasteiger partial charge >= 0.3 is 0 Å². The van der Waals surface area contributed by atoms with Crippen LogP contribution in [0.2, 0.25) is 0 Å². The number of hydrogen-bond donors (Lipinski definition) is 0. The maximum absolute atomic E-state index is 2.44. The van der Waals surface area contributed by atoms with Gasteiger partial charge in [-0.3, -0.25) is 0 Å². The molecule has 0 radical (unpaired) electrons. The summed E-state index contributed by atoms with van der Waals surface area (Å²) in [5.41, 5.74) is 18.1. The predicted molar refractivity (Wildman–Crippen MR) is 247 cm³/mol. The lowest BCUT2D eigenvalue weighted by molar-refractivity contribution is 0.333. The molecule has 0 bridgehead atoms. The van der Waals surface area contributed by atoms with Gasteiger partial charge in [-0.1, -0.05) is 149 Å². The van der Waals surface area contributed by atoms with Crippen LogP contribution < -0.4 is 0 Å². The average molecular weight is 747 g/mol. The van der Waals surface area contributed by atoms with E-state index in [2.05, 4.69) is 219 Å². The lowest BCUT2D eigenvalue weighted by Crippen LogP contribution is -2.34. The smallest absolute Gasteiger partial charge is 0.0541 e. The molecule has 11 rings (SSSR count). The monoisotopic (exact) mass is 746 g/mol. The molecule has 0 N–H and O–H groups in total. The van der Waals surface area contributed by atoms with Crippen LogP contribution in [0, 0.1) is 0 Å². The van der Waals surface area contributed by atoms with Gasteiger partial charge in [0.25, 0.3) is 0 Å². The average Bonchev–Trinajstić information content (AvgIpc) is 3.78. The number of nitrogens with zero attached hydrogens (tertiary/aromatic N) is 2. The Labute approximate surface area is 340 Å². The van der Waals surface area contributed by atoms with E-state index in [-0.39, 0.29) is 10.8 Å². The van der Waals surface area contributed by atoms with Crippen molar-refractivity contribution in [3.8, 4) is 44.8 Å². The minimum Gasteiger partial charge on any atom is -0.309 e. The van der Waals surface area contributed by atoms with Crippen molar-refractivity contribution < 1.29 is 0 Å². The largest absolute Gasteiger partial charge is 0.309 e. The van der Waals surface area contributed by atoms with Crippen LogP contribution in [0.1, 0.15) is 51.7 Å². The molecule has 2 heteroatoms. The summed E-state index contributed by atoms with van der Waals surface area (Å²) in [4.78, 5) is 0. The molecule has 10 aromatic rings. The summed E-state index contributed by atoms with van der Waals surface area (Å²) in [5.74, 6) is 0. The molecule has 2 nitrogen and oxygen atoms in total. The second-order valence-corrected chi connectivity index (χ2v) is 17.6. The molecule has 8 aromatic carbocycles. The third-order valence-electron chi connectivity index (χ3n) is 13.2. The van der Waals surface area contributed by atoms with E-state index in [4.69, 9.17) is 0 Å². The molecule has 1 aliphatic rings. The Hall–Kier alpha value is -6.64. The lowest BCUT2D eigenvalue weighted by Gasteiger charge is -2.43. The van der Waals surface area contributed by atoms with Gasteiger partial charge in [0.2, 0.25) is 0 Å². The molecule has 2 heterocycles. The van der Waals surface area contributed by atoms with Crippen molar-refractivity contribution in [2.45, 2.75) is 51.4 Å². The minimum absolute atomic E-state index is 0.140. The summed E-state index contributed by atoms with van der Waals surface area (Å²) in [6.07, 6.45) is 2.42. The van der Waals surface area contributed by atoms with E-state index in [1.54, 1.807) is 0 Å². The van der Waals surface area contributed by atoms with Gasteiger partial charge < -0.3 is 9.13 Å². The van der Waals surface area contributed by atoms with Gasteiger partial charge in [0.05, 0.1) is 22.1 Å². The first-order valence-electron chi connectivity index (χ1n) is 20.7. The highest BCUT2D eigenvalue weighted by Gasteiger charge is 2.38. The zero-order valence-electron chi connectivity index (χ0n) is 33.6. The second-order valence-electron chi connectivity index (χ2n) is 17.6. The number of aromatic nitrogens is 2. The SMILES string of the molecule is CC1(C)CCC(C)(C)c2c(-c3ccc(-n4c5ccccc5c5cc(-c6ccc7c(c6)c6ccccc6n7-c6ccc(-c7ccccc7)cc6)ccc54)cc3)cccc21. The van der Waals surface area contributed by atoms with Crippen molar-refractivity contribution in [1.82, 2.24) is 9.13 Å². The molecule has 0 saturated heterocycles. The summed E-state index contributed by atoms with van der Waals surface area (Å²) >= 11 is 0. The van der Waals surface area contributed by atoms with Gasteiger partial charge in [0.1, 0.15) is 0 Å². The normalized spacial score (nSPS) is 14.7. The van der Waals surface area contributed by atoms with Gasteiger partial charge in [0, 0.05) is 32.9 Å². The van der Waals surface area contributed by atoms with Crippen LogP contribution in [0.3, 0.4) is 0 Å². The molecule has 0 atom stereocenters. The second kappa shape index (κ2) is 12.9. The van der Waals surface area contributed by atoms with Crippen LogP contribution in [0.4, 0.5) is 0 Å². The Morgan fingerprint density at radius 3 is 1.36 bits per heavy atom. The first-order chi connectivity index (χ1) is 28.2. The zero-order chi connectivity index (χ0) is 39.2. The number of rotatable bonds is 5. The molecule has 0 aliphatic heterocycles. The maximum Gasteiger partial charge on any atom is 0.0541 e. The Morgan fingerprint density at radius 1 is 0.345 bits per heavy atom. The highest BCUT2D eigenvalue weighted by Crippen LogP contribution is 2.49. The first-order valence-corrected chi connectivity index (χ1v) is 20.7. The molecular weight excluding hydrogens is 701 g/mol. The molecule has 0 spiro atoms. The zero-order valence-corrected chi connectivity index (χ0v) is 33.6. The molecular formula is C56H46N2. The first kappa shape index (κ1) is 34.6.